The molecule has 5 rings (SSSR count). The fourth-order valence-corrected chi connectivity index (χ4v) is 6.49. The van der Waals surface area contributed by atoms with Crippen LogP contribution in [0.1, 0.15) is 86.7 Å². The van der Waals surface area contributed by atoms with Gasteiger partial charge < -0.3 is 14.8 Å². The summed E-state index contributed by atoms with van der Waals surface area (Å²) in [5.41, 5.74) is 7.77. The van der Waals surface area contributed by atoms with Crippen molar-refractivity contribution in [2.24, 2.45) is 5.92 Å². The largest absolute Gasteiger partial charge is 0.508 e. The first-order valence-electron chi connectivity index (χ1n) is 15.8. The van der Waals surface area contributed by atoms with E-state index in [0.717, 1.165) is 71.9 Å². The molecule has 42 heavy (non-hydrogen) atoms. The van der Waals surface area contributed by atoms with Gasteiger partial charge in [-0.2, -0.15) is 0 Å². The molecule has 0 radical (unpaired) electrons. The summed E-state index contributed by atoms with van der Waals surface area (Å²) in [6.07, 6.45) is 9.95. The number of imidazole rings is 1. The Kier molecular flexibility index (Phi) is 10.0. The number of aryl methyl sites for hydroxylation is 2. The summed E-state index contributed by atoms with van der Waals surface area (Å²) in [4.78, 5) is 11.8. The molecule has 0 bridgehead atoms. The molecule has 3 aromatic carbocycles. The lowest BCUT2D eigenvalue weighted by molar-refractivity contribution is 0.130. The summed E-state index contributed by atoms with van der Waals surface area (Å²) >= 11 is 0. The Morgan fingerprint density at radius 1 is 0.952 bits per heavy atom. The quantitative estimate of drug-likeness (QED) is 0.180. The summed E-state index contributed by atoms with van der Waals surface area (Å²) in [6, 6.07) is 23.1. The molecular weight excluding hydrogens is 518 g/mol. The minimum Gasteiger partial charge on any atom is -0.508 e. The summed E-state index contributed by atoms with van der Waals surface area (Å²) in [6.45, 7) is 8.32. The molecule has 1 aliphatic rings. The molecule has 2 N–H and O–H groups in total. The van der Waals surface area contributed by atoms with Gasteiger partial charge in [0, 0.05) is 24.2 Å². The van der Waals surface area contributed by atoms with Crippen LogP contribution in [0.25, 0.3) is 22.6 Å². The molecule has 222 valence electrons. The third-order valence-electron chi connectivity index (χ3n) is 8.99. The van der Waals surface area contributed by atoms with E-state index in [2.05, 4.69) is 72.3 Å². The van der Waals surface area contributed by atoms with E-state index in [1.807, 2.05) is 25.1 Å². The van der Waals surface area contributed by atoms with Gasteiger partial charge >= 0.3 is 0 Å². The van der Waals surface area contributed by atoms with Crippen LogP contribution < -0.4 is 4.74 Å². The molecule has 0 amide bonds. The first-order chi connectivity index (χ1) is 20.5. The zero-order chi connectivity index (χ0) is 29.5. The van der Waals surface area contributed by atoms with Gasteiger partial charge in [-0.05, 0) is 86.1 Å². The van der Waals surface area contributed by atoms with Gasteiger partial charge in [0.2, 0.25) is 0 Å². The van der Waals surface area contributed by atoms with Crippen molar-refractivity contribution in [3.63, 3.8) is 0 Å². The van der Waals surface area contributed by atoms with Crippen LogP contribution in [0.3, 0.4) is 0 Å². The van der Waals surface area contributed by atoms with Crippen LogP contribution in [0, 0.1) is 19.8 Å². The smallest absolute Gasteiger partial charge is 0.138 e. The Morgan fingerprint density at radius 3 is 2.38 bits per heavy atom. The number of H-pyrrole nitrogens is 1. The van der Waals surface area contributed by atoms with E-state index in [1.54, 1.807) is 7.11 Å². The Bertz CT molecular complexity index is 1420. The van der Waals surface area contributed by atoms with E-state index in [1.165, 1.54) is 43.4 Å². The predicted molar refractivity (Wildman–Crippen MR) is 173 cm³/mol. The van der Waals surface area contributed by atoms with Crippen molar-refractivity contribution in [2.75, 3.05) is 13.7 Å². The van der Waals surface area contributed by atoms with Crippen molar-refractivity contribution in [2.45, 2.75) is 84.7 Å². The highest BCUT2D eigenvalue weighted by atomic mass is 16.5. The van der Waals surface area contributed by atoms with Crippen LogP contribution in [0.2, 0.25) is 0 Å². The number of nitrogens with zero attached hydrogens (tertiary/aromatic N) is 2. The standard InChI is InChI=1S/C37H47N3O2/c1-5-6-17-33(40(24-28-13-9-7-10-14-28)25-31-22-27(3)34(41)23-26(31)2)36-35(29-18-20-32(42-4)21-19-29)38-37(39-36)30-15-11-8-12-16-30/h8,11-12,15-16,18-23,28,33,41H,5-7,9-10,13-14,17,24-25H2,1-4H3,(H,38,39). The topological polar surface area (TPSA) is 61.4 Å². The fraction of sp³-hybridized carbons (Fsp3) is 0.432. The van der Waals surface area contributed by atoms with Crippen molar-refractivity contribution in [1.82, 2.24) is 14.9 Å². The number of hydrogen-bond donors (Lipinski definition) is 2. The highest BCUT2D eigenvalue weighted by Crippen LogP contribution is 2.38. The number of aromatic nitrogens is 2. The zero-order valence-electron chi connectivity index (χ0n) is 25.8. The van der Waals surface area contributed by atoms with Crippen LogP contribution in [0.5, 0.6) is 11.5 Å². The maximum Gasteiger partial charge on any atom is 0.138 e. The lowest BCUT2D eigenvalue weighted by atomic mass is 9.87. The molecule has 1 unspecified atom stereocenters. The van der Waals surface area contributed by atoms with Crippen molar-refractivity contribution in [3.05, 3.63) is 89.1 Å². The number of aromatic amines is 1. The number of phenols is 1. The fourth-order valence-electron chi connectivity index (χ4n) is 6.49. The minimum atomic E-state index is 0.183. The van der Waals surface area contributed by atoms with Crippen LogP contribution in [0.4, 0.5) is 0 Å². The van der Waals surface area contributed by atoms with Gasteiger partial charge in [0.25, 0.3) is 0 Å². The zero-order valence-corrected chi connectivity index (χ0v) is 25.8. The molecule has 1 fully saturated rings. The number of ether oxygens (including phenoxy) is 1. The number of hydrogen-bond acceptors (Lipinski definition) is 4. The predicted octanol–water partition coefficient (Wildman–Crippen LogP) is 9.39. The number of phenolic OH excluding ortho intramolecular Hbond substituents is 1. The molecule has 1 atom stereocenters. The molecule has 1 heterocycles. The van der Waals surface area contributed by atoms with Crippen LogP contribution in [-0.4, -0.2) is 33.6 Å². The Hall–Kier alpha value is -3.57. The molecule has 5 nitrogen and oxygen atoms in total. The van der Waals surface area contributed by atoms with E-state index >= 15 is 0 Å². The molecule has 1 saturated carbocycles. The van der Waals surface area contributed by atoms with E-state index in [-0.39, 0.29) is 6.04 Å². The van der Waals surface area contributed by atoms with E-state index < -0.39 is 0 Å². The van der Waals surface area contributed by atoms with E-state index in [0.29, 0.717) is 11.7 Å². The average molecular weight is 566 g/mol. The molecule has 1 aliphatic carbocycles. The van der Waals surface area contributed by atoms with Gasteiger partial charge in [-0.15, -0.1) is 0 Å². The number of nitrogens with one attached hydrogen (secondary N) is 1. The third-order valence-corrected chi connectivity index (χ3v) is 8.99. The van der Waals surface area contributed by atoms with Gasteiger partial charge in [-0.3, -0.25) is 4.90 Å². The number of aromatic hydroxyl groups is 1. The second-order valence-corrected chi connectivity index (χ2v) is 12.1. The van der Waals surface area contributed by atoms with E-state index in [9.17, 15) is 5.11 Å². The molecular formula is C37H47N3O2. The highest BCUT2D eigenvalue weighted by molar-refractivity contribution is 5.68. The lowest BCUT2D eigenvalue weighted by Crippen LogP contribution is -2.34. The average Bonchev–Trinajstić information content (AvgIpc) is 3.46. The SMILES string of the molecule is CCCCC(c1[nH]c(-c2ccccc2)nc1-c1ccc(OC)cc1)N(Cc1cc(C)c(O)cc1C)CC1CCCCC1. The normalized spacial score (nSPS) is 14.8. The molecule has 0 spiro atoms. The Balaban J connectivity index is 1.62. The van der Waals surface area contributed by atoms with Crippen molar-refractivity contribution < 1.29 is 9.84 Å². The molecule has 0 saturated heterocycles. The highest BCUT2D eigenvalue weighted by Gasteiger charge is 2.30. The number of methoxy groups -OCH3 is 1. The Labute approximate surface area is 252 Å². The number of unbranched alkanes of at least 4 members (excludes halogenated alkanes) is 1. The minimum absolute atomic E-state index is 0.183. The second kappa shape index (κ2) is 14.1. The first-order valence-corrected chi connectivity index (χ1v) is 15.8. The first kappa shape index (κ1) is 29.9. The summed E-state index contributed by atoms with van der Waals surface area (Å²) < 4.78 is 5.47. The van der Waals surface area contributed by atoms with Crippen LogP contribution >= 0.6 is 0 Å². The molecule has 5 heteroatoms. The summed E-state index contributed by atoms with van der Waals surface area (Å²) in [5, 5.41) is 10.4. The van der Waals surface area contributed by atoms with Crippen LogP contribution in [0.15, 0.2) is 66.7 Å². The van der Waals surface area contributed by atoms with Crippen molar-refractivity contribution in [1.29, 1.82) is 0 Å². The summed E-state index contributed by atoms with van der Waals surface area (Å²) in [5.74, 6) is 2.83. The van der Waals surface area contributed by atoms with Crippen molar-refractivity contribution >= 4 is 0 Å². The number of rotatable bonds is 12. The van der Waals surface area contributed by atoms with Crippen LogP contribution in [-0.2, 0) is 6.54 Å². The maximum atomic E-state index is 10.4. The van der Waals surface area contributed by atoms with Gasteiger partial charge in [0.05, 0.1) is 24.5 Å². The van der Waals surface area contributed by atoms with Gasteiger partial charge in [-0.25, -0.2) is 4.98 Å². The summed E-state index contributed by atoms with van der Waals surface area (Å²) in [7, 11) is 1.71. The second-order valence-electron chi connectivity index (χ2n) is 12.1. The van der Waals surface area contributed by atoms with Gasteiger partial charge in [0.1, 0.15) is 17.3 Å². The van der Waals surface area contributed by atoms with Gasteiger partial charge in [-0.1, -0.05) is 75.4 Å². The molecule has 1 aromatic heterocycles. The third kappa shape index (κ3) is 7.07. The maximum absolute atomic E-state index is 10.4. The Morgan fingerprint density at radius 2 is 1.69 bits per heavy atom. The van der Waals surface area contributed by atoms with E-state index in [4.69, 9.17) is 9.72 Å². The molecule has 4 aromatic rings. The van der Waals surface area contributed by atoms with Crippen molar-refractivity contribution in [3.8, 4) is 34.1 Å². The van der Waals surface area contributed by atoms with Gasteiger partial charge in [0.15, 0.2) is 0 Å². The monoisotopic (exact) mass is 565 g/mol. The number of benzene rings is 3. The molecule has 0 aliphatic heterocycles. The lowest BCUT2D eigenvalue weighted by Gasteiger charge is -2.36.